The minimum atomic E-state index is -3.61. The Hall–Kier alpha value is -3.15. The first kappa shape index (κ1) is 20.1. The van der Waals surface area contributed by atoms with Crippen molar-refractivity contribution >= 4 is 21.7 Å². The molecule has 1 aliphatic heterocycles. The molecular formula is C19H20N6O4S. The molecule has 0 atom stereocenters. The molecule has 0 aliphatic carbocycles. The lowest BCUT2D eigenvalue weighted by atomic mass is 10.2. The molecule has 0 unspecified atom stereocenters. The van der Waals surface area contributed by atoms with Crippen LogP contribution in [0.5, 0.6) is 0 Å². The summed E-state index contributed by atoms with van der Waals surface area (Å²) in [5.41, 5.74) is 0.315. The van der Waals surface area contributed by atoms with Gasteiger partial charge in [-0.25, -0.2) is 23.4 Å². The Bertz CT molecular complexity index is 1150. The van der Waals surface area contributed by atoms with Gasteiger partial charge >= 0.3 is 0 Å². The van der Waals surface area contributed by atoms with Crippen molar-refractivity contribution < 1.29 is 17.9 Å². The lowest BCUT2D eigenvalue weighted by molar-refractivity contribution is 0.0730. The number of aromatic nitrogens is 4. The number of nitrogens with zero attached hydrogens (tertiary/aromatic N) is 5. The average molecular weight is 428 g/mol. The van der Waals surface area contributed by atoms with Crippen molar-refractivity contribution in [3.63, 3.8) is 0 Å². The number of ether oxygens (including phenoxy) is 1. The lowest BCUT2D eigenvalue weighted by Gasteiger charge is -2.26. The third-order valence-electron chi connectivity index (χ3n) is 4.69. The molecule has 1 saturated heterocycles. The van der Waals surface area contributed by atoms with E-state index >= 15 is 0 Å². The Kier molecular flexibility index (Phi) is 5.57. The van der Waals surface area contributed by atoms with Gasteiger partial charge in [0.15, 0.2) is 0 Å². The Balaban J connectivity index is 1.49. The number of aryl methyl sites for hydroxylation is 1. The monoisotopic (exact) mass is 428 g/mol. The molecule has 1 N–H and O–H groups in total. The first-order valence-corrected chi connectivity index (χ1v) is 10.7. The molecule has 30 heavy (non-hydrogen) atoms. The Morgan fingerprint density at radius 1 is 1.10 bits per heavy atom. The van der Waals surface area contributed by atoms with Crippen LogP contribution in [0.2, 0.25) is 0 Å². The molecular weight excluding hydrogens is 408 g/mol. The highest BCUT2D eigenvalue weighted by molar-refractivity contribution is 7.89. The molecule has 1 amide bonds. The molecule has 10 nitrogen and oxygen atoms in total. The van der Waals surface area contributed by atoms with E-state index in [9.17, 15) is 13.2 Å². The number of morpholine rings is 1. The molecule has 11 heteroatoms. The standard InChI is InChI=1S/C19H20N6O4S/c1-14-20-6-7-25(14)18-12-17(21-13-22-18)23-19(26)15-2-4-16(5-3-15)30(27,28)24-8-10-29-11-9-24/h2-7,12-13H,8-11H2,1H3,(H,21,22,23,26). The van der Waals surface area contributed by atoms with Crippen LogP contribution < -0.4 is 5.32 Å². The third-order valence-corrected chi connectivity index (χ3v) is 6.60. The van der Waals surface area contributed by atoms with Crippen molar-refractivity contribution in [3.8, 4) is 5.82 Å². The molecule has 4 rings (SSSR count). The lowest BCUT2D eigenvalue weighted by Crippen LogP contribution is -2.40. The topological polar surface area (TPSA) is 119 Å². The summed E-state index contributed by atoms with van der Waals surface area (Å²) in [5.74, 6) is 1.24. The van der Waals surface area contributed by atoms with E-state index in [-0.39, 0.29) is 4.90 Å². The molecule has 3 heterocycles. The van der Waals surface area contributed by atoms with Gasteiger partial charge in [-0.2, -0.15) is 4.31 Å². The number of carbonyl (C=O) groups excluding carboxylic acids is 1. The zero-order chi connectivity index (χ0) is 21.1. The summed E-state index contributed by atoms with van der Waals surface area (Å²) in [7, 11) is -3.61. The fraction of sp³-hybridized carbons (Fsp3) is 0.263. The van der Waals surface area contributed by atoms with Crippen molar-refractivity contribution in [2.24, 2.45) is 0 Å². The van der Waals surface area contributed by atoms with Crippen molar-refractivity contribution in [1.82, 2.24) is 23.8 Å². The SMILES string of the molecule is Cc1nccn1-c1cc(NC(=O)c2ccc(S(=O)(=O)N3CCOCC3)cc2)ncn1. The van der Waals surface area contributed by atoms with E-state index in [1.807, 2.05) is 6.92 Å². The number of imidazole rings is 1. The molecule has 0 spiro atoms. The fourth-order valence-electron chi connectivity index (χ4n) is 3.07. The average Bonchev–Trinajstić information content (AvgIpc) is 3.20. The van der Waals surface area contributed by atoms with E-state index in [0.717, 1.165) is 5.82 Å². The quantitative estimate of drug-likeness (QED) is 0.649. The summed E-state index contributed by atoms with van der Waals surface area (Å²) in [6.45, 7) is 3.22. The van der Waals surface area contributed by atoms with E-state index < -0.39 is 15.9 Å². The van der Waals surface area contributed by atoms with Gasteiger partial charge in [-0.1, -0.05) is 0 Å². The van der Waals surface area contributed by atoms with Gasteiger partial charge in [-0.05, 0) is 31.2 Å². The third kappa shape index (κ3) is 4.08. The van der Waals surface area contributed by atoms with Gasteiger partial charge in [0.2, 0.25) is 10.0 Å². The molecule has 0 saturated carbocycles. The molecule has 1 aromatic carbocycles. The van der Waals surface area contributed by atoms with Crippen LogP contribution in [0.4, 0.5) is 5.82 Å². The second kappa shape index (κ2) is 8.30. The summed E-state index contributed by atoms with van der Waals surface area (Å²) in [6, 6.07) is 7.44. The number of hydrogen-bond acceptors (Lipinski definition) is 7. The van der Waals surface area contributed by atoms with Crippen LogP contribution in [0.3, 0.4) is 0 Å². The summed E-state index contributed by atoms with van der Waals surface area (Å²) in [5, 5.41) is 2.70. The van der Waals surface area contributed by atoms with E-state index in [0.29, 0.717) is 43.5 Å². The van der Waals surface area contributed by atoms with Crippen LogP contribution in [-0.2, 0) is 14.8 Å². The zero-order valence-electron chi connectivity index (χ0n) is 16.2. The number of carbonyl (C=O) groups is 1. The number of hydrogen-bond donors (Lipinski definition) is 1. The van der Waals surface area contributed by atoms with Crippen LogP contribution in [-0.4, -0.2) is 64.5 Å². The zero-order valence-corrected chi connectivity index (χ0v) is 17.0. The van der Waals surface area contributed by atoms with E-state index in [1.165, 1.54) is 34.9 Å². The molecule has 1 aliphatic rings. The van der Waals surface area contributed by atoms with E-state index in [4.69, 9.17) is 4.74 Å². The van der Waals surface area contributed by atoms with Crippen LogP contribution in [0.1, 0.15) is 16.2 Å². The Labute approximate surface area is 173 Å². The van der Waals surface area contributed by atoms with Crippen molar-refractivity contribution in [2.45, 2.75) is 11.8 Å². The second-order valence-corrected chi connectivity index (χ2v) is 8.54. The number of nitrogens with one attached hydrogen (secondary N) is 1. The highest BCUT2D eigenvalue weighted by Crippen LogP contribution is 2.18. The number of amides is 1. The maximum absolute atomic E-state index is 12.7. The smallest absolute Gasteiger partial charge is 0.256 e. The number of sulfonamides is 1. The molecule has 0 bridgehead atoms. The second-order valence-electron chi connectivity index (χ2n) is 6.60. The number of benzene rings is 1. The van der Waals surface area contributed by atoms with Gasteiger partial charge in [0.05, 0.1) is 18.1 Å². The number of rotatable bonds is 5. The predicted octanol–water partition coefficient (Wildman–Crippen LogP) is 1.24. The highest BCUT2D eigenvalue weighted by Gasteiger charge is 2.26. The molecule has 3 aromatic rings. The van der Waals surface area contributed by atoms with E-state index in [1.54, 1.807) is 23.0 Å². The first-order valence-electron chi connectivity index (χ1n) is 9.27. The van der Waals surface area contributed by atoms with Crippen molar-refractivity contribution in [2.75, 3.05) is 31.6 Å². The molecule has 0 radical (unpaired) electrons. The van der Waals surface area contributed by atoms with Gasteiger partial charge in [-0.15, -0.1) is 0 Å². The molecule has 156 valence electrons. The predicted molar refractivity (Wildman–Crippen MR) is 108 cm³/mol. The normalized spacial score (nSPS) is 15.1. The summed E-state index contributed by atoms with van der Waals surface area (Å²) < 4.78 is 33.7. The van der Waals surface area contributed by atoms with Gasteiger partial charge in [0.25, 0.3) is 5.91 Å². The summed E-state index contributed by atoms with van der Waals surface area (Å²) >= 11 is 0. The largest absolute Gasteiger partial charge is 0.379 e. The Morgan fingerprint density at radius 2 is 1.83 bits per heavy atom. The van der Waals surface area contributed by atoms with E-state index in [2.05, 4.69) is 20.3 Å². The number of anilines is 1. The van der Waals surface area contributed by atoms with Crippen molar-refractivity contribution in [1.29, 1.82) is 0 Å². The maximum Gasteiger partial charge on any atom is 0.256 e. The van der Waals surface area contributed by atoms with Crippen molar-refractivity contribution in [3.05, 3.63) is 60.4 Å². The highest BCUT2D eigenvalue weighted by atomic mass is 32.2. The van der Waals surface area contributed by atoms with Crippen LogP contribution in [0.15, 0.2) is 53.9 Å². The fourth-order valence-corrected chi connectivity index (χ4v) is 4.48. The minimum Gasteiger partial charge on any atom is -0.379 e. The molecule has 2 aromatic heterocycles. The van der Waals surface area contributed by atoms with Gasteiger partial charge in [0, 0.05) is 37.1 Å². The Morgan fingerprint density at radius 3 is 2.50 bits per heavy atom. The van der Waals surface area contributed by atoms with Crippen LogP contribution in [0, 0.1) is 6.92 Å². The minimum absolute atomic E-state index is 0.140. The molecule has 1 fully saturated rings. The van der Waals surface area contributed by atoms with Crippen LogP contribution >= 0.6 is 0 Å². The maximum atomic E-state index is 12.7. The first-order chi connectivity index (χ1) is 14.4. The summed E-state index contributed by atoms with van der Waals surface area (Å²) in [4.78, 5) is 25.1. The summed E-state index contributed by atoms with van der Waals surface area (Å²) in [6.07, 6.45) is 4.77. The van der Waals surface area contributed by atoms with Gasteiger partial charge in [0.1, 0.15) is 23.8 Å². The van der Waals surface area contributed by atoms with Gasteiger partial charge < -0.3 is 10.1 Å². The van der Waals surface area contributed by atoms with Crippen LogP contribution in [0.25, 0.3) is 5.82 Å². The van der Waals surface area contributed by atoms with Gasteiger partial charge in [-0.3, -0.25) is 9.36 Å².